The zero-order chi connectivity index (χ0) is 13.1. The summed E-state index contributed by atoms with van der Waals surface area (Å²) < 4.78 is 0. The molecular formula is C16H12N2S. The van der Waals surface area contributed by atoms with Gasteiger partial charge < -0.3 is 0 Å². The van der Waals surface area contributed by atoms with Crippen LogP contribution in [0, 0.1) is 0 Å². The predicted molar refractivity (Wildman–Crippen MR) is 81.9 cm³/mol. The van der Waals surface area contributed by atoms with Gasteiger partial charge in [0.1, 0.15) is 0 Å². The third-order valence-electron chi connectivity index (χ3n) is 2.82. The highest BCUT2D eigenvalue weighted by atomic mass is 32.2. The molecule has 0 aromatic carbocycles. The average Bonchev–Trinajstić information content (AvgIpc) is 2.59. The molecule has 0 spiro atoms. The molecule has 0 N–H and O–H groups in total. The molecule has 0 atom stereocenters. The van der Waals surface area contributed by atoms with Crippen molar-refractivity contribution in [3.63, 3.8) is 0 Å². The minimum absolute atomic E-state index is 0.760. The number of hydrogen-bond donors (Lipinski definition) is 0. The Bertz CT molecular complexity index is 775. The van der Waals surface area contributed by atoms with Gasteiger partial charge in [-0.2, -0.15) is 0 Å². The van der Waals surface area contributed by atoms with Crippen molar-refractivity contribution in [1.29, 1.82) is 0 Å². The van der Waals surface area contributed by atoms with E-state index in [1.165, 1.54) is 0 Å². The van der Waals surface area contributed by atoms with E-state index in [2.05, 4.69) is 40.5 Å². The molecule has 0 unspecified atom stereocenters. The maximum absolute atomic E-state index is 4.47. The highest BCUT2D eigenvalue weighted by Gasteiger charge is 2.07. The van der Waals surface area contributed by atoms with Gasteiger partial charge >= 0.3 is 0 Å². The molecule has 0 aliphatic carbocycles. The molecule has 3 rings (SSSR count). The molecule has 2 aliphatic heterocycles. The summed E-state index contributed by atoms with van der Waals surface area (Å²) in [7, 11) is 0. The molecule has 0 amide bonds. The van der Waals surface area contributed by atoms with Crippen molar-refractivity contribution in [2.45, 2.75) is 6.42 Å². The molecule has 1 aromatic heterocycles. The molecule has 19 heavy (non-hydrogen) atoms. The Balaban J connectivity index is 2.18. The Morgan fingerprint density at radius 1 is 1.37 bits per heavy atom. The van der Waals surface area contributed by atoms with Gasteiger partial charge in [-0.3, -0.25) is 9.98 Å². The van der Waals surface area contributed by atoms with Crippen molar-refractivity contribution in [3.05, 3.63) is 68.9 Å². The second-order valence-corrected chi connectivity index (χ2v) is 5.33. The molecule has 0 saturated heterocycles. The summed E-state index contributed by atoms with van der Waals surface area (Å²) in [6.07, 6.45) is 12.3. The number of rotatable bonds is 0. The maximum Gasteiger partial charge on any atom is 0.0666 e. The summed E-state index contributed by atoms with van der Waals surface area (Å²) in [5.41, 5.74) is 4.12. The van der Waals surface area contributed by atoms with Gasteiger partial charge in [-0.15, -0.1) is 5.73 Å². The minimum atomic E-state index is 0.760. The SMILES string of the molecule is C=C1/C=c2/cccn/c2=C/CC2=C(C=C=CC=N2)S1. The van der Waals surface area contributed by atoms with E-state index in [9.17, 15) is 0 Å². The van der Waals surface area contributed by atoms with Gasteiger partial charge in [0, 0.05) is 33.9 Å². The first kappa shape index (κ1) is 12.0. The number of nitrogens with zero attached hydrogens (tertiary/aromatic N) is 2. The summed E-state index contributed by atoms with van der Waals surface area (Å²) >= 11 is 1.62. The molecule has 92 valence electrons. The highest BCUT2D eigenvalue weighted by Crippen LogP contribution is 2.31. The quantitative estimate of drug-likeness (QED) is 0.672. The van der Waals surface area contributed by atoms with Crippen LogP contribution in [0.1, 0.15) is 6.42 Å². The third-order valence-corrected chi connectivity index (χ3v) is 3.77. The van der Waals surface area contributed by atoms with Crippen molar-refractivity contribution in [2.75, 3.05) is 0 Å². The van der Waals surface area contributed by atoms with E-state index in [-0.39, 0.29) is 0 Å². The first-order valence-electron chi connectivity index (χ1n) is 6.01. The van der Waals surface area contributed by atoms with E-state index in [4.69, 9.17) is 0 Å². The number of fused-ring (bicyclic) bond motifs is 1. The van der Waals surface area contributed by atoms with Crippen molar-refractivity contribution >= 4 is 30.1 Å². The van der Waals surface area contributed by atoms with Gasteiger partial charge in [0.15, 0.2) is 0 Å². The number of aliphatic imine (C=N–C) groups is 1. The van der Waals surface area contributed by atoms with E-state index in [0.717, 1.165) is 32.5 Å². The zero-order valence-electron chi connectivity index (χ0n) is 10.3. The summed E-state index contributed by atoms with van der Waals surface area (Å²) in [4.78, 5) is 11.0. The van der Waals surface area contributed by atoms with Gasteiger partial charge in [-0.1, -0.05) is 30.5 Å². The number of aromatic nitrogens is 1. The lowest BCUT2D eigenvalue weighted by atomic mass is 10.2. The summed E-state index contributed by atoms with van der Waals surface area (Å²) in [5.74, 6) is 0. The monoisotopic (exact) mass is 264 g/mol. The molecule has 0 saturated carbocycles. The summed E-state index contributed by atoms with van der Waals surface area (Å²) in [6, 6.07) is 4.00. The number of thioether (sulfide) groups is 1. The van der Waals surface area contributed by atoms with Gasteiger partial charge in [0.2, 0.25) is 0 Å². The van der Waals surface area contributed by atoms with E-state index >= 15 is 0 Å². The van der Waals surface area contributed by atoms with Crippen molar-refractivity contribution < 1.29 is 0 Å². The predicted octanol–water partition coefficient (Wildman–Crippen LogP) is 2.30. The first-order chi connectivity index (χ1) is 9.33. The molecule has 1 aromatic rings. The lowest BCUT2D eigenvalue weighted by Crippen LogP contribution is -2.27. The average molecular weight is 264 g/mol. The molecule has 0 radical (unpaired) electrons. The zero-order valence-corrected chi connectivity index (χ0v) is 11.2. The second-order valence-electron chi connectivity index (χ2n) is 4.17. The molecule has 2 aliphatic rings. The molecular weight excluding hydrogens is 252 g/mol. The van der Waals surface area contributed by atoms with Crippen LogP contribution in [0.5, 0.6) is 0 Å². The number of hydrogen-bond acceptors (Lipinski definition) is 3. The molecule has 3 heteroatoms. The van der Waals surface area contributed by atoms with Crippen LogP contribution in [0.2, 0.25) is 0 Å². The van der Waals surface area contributed by atoms with E-state index < -0.39 is 0 Å². The van der Waals surface area contributed by atoms with Crippen LogP contribution < -0.4 is 10.6 Å². The van der Waals surface area contributed by atoms with E-state index in [0.29, 0.717) is 0 Å². The fraction of sp³-hybridized carbons (Fsp3) is 0.0625. The van der Waals surface area contributed by atoms with Crippen LogP contribution in [0.4, 0.5) is 0 Å². The Morgan fingerprint density at radius 2 is 2.32 bits per heavy atom. The van der Waals surface area contributed by atoms with Crippen LogP contribution in [-0.4, -0.2) is 11.2 Å². The molecule has 3 heterocycles. The maximum atomic E-state index is 4.47. The van der Waals surface area contributed by atoms with Crippen LogP contribution in [0.15, 0.2) is 63.3 Å². The molecule has 0 fully saturated rings. The molecule has 2 nitrogen and oxygen atoms in total. The Labute approximate surface area is 116 Å². The highest BCUT2D eigenvalue weighted by molar-refractivity contribution is 8.07. The van der Waals surface area contributed by atoms with E-state index in [1.54, 1.807) is 18.0 Å². The fourth-order valence-electron chi connectivity index (χ4n) is 1.94. The lowest BCUT2D eigenvalue weighted by molar-refractivity contribution is 1.16. The Hall–Kier alpha value is -2.09. The van der Waals surface area contributed by atoms with Gasteiger partial charge in [-0.05, 0) is 24.3 Å². The van der Waals surface area contributed by atoms with E-state index in [1.807, 2.05) is 24.4 Å². The fourth-order valence-corrected chi connectivity index (χ4v) is 2.79. The van der Waals surface area contributed by atoms with Crippen molar-refractivity contribution in [2.24, 2.45) is 4.99 Å². The topological polar surface area (TPSA) is 25.2 Å². The van der Waals surface area contributed by atoms with Crippen molar-refractivity contribution in [3.8, 4) is 0 Å². The van der Waals surface area contributed by atoms with Gasteiger partial charge in [0.25, 0.3) is 0 Å². The molecule has 0 bridgehead atoms. The van der Waals surface area contributed by atoms with Gasteiger partial charge in [-0.25, -0.2) is 0 Å². The minimum Gasteiger partial charge on any atom is -0.259 e. The third kappa shape index (κ3) is 2.68. The number of allylic oxidation sites excluding steroid dienone is 3. The Morgan fingerprint density at radius 3 is 3.26 bits per heavy atom. The van der Waals surface area contributed by atoms with Crippen LogP contribution in [-0.2, 0) is 0 Å². The normalized spacial score (nSPS) is 20.9. The first-order valence-corrected chi connectivity index (χ1v) is 6.82. The second kappa shape index (κ2) is 5.27. The lowest BCUT2D eigenvalue weighted by Gasteiger charge is -2.04. The van der Waals surface area contributed by atoms with Gasteiger partial charge in [0.05, 0.1) is 11.0 Å². The standard InChI is InChI=1S/C16H12N2S/c1-12-11-13-5-4-10-17-14(13)7-8-15-16(19-12)6-2-3-9-18-15/h3-7,9-11H,1,8H2/b13-11-,14-7+. The van der Waals surface area contributed by atoms with Crippen LogP contribution >= 0.6 is 11.8 Å². The van der Waals surface area contributed by atoms with Crippen LogP contribution in [0.3, 0.4) is 0 Å². The van der Waals surface area contributed by atoms with Crippen molar-refractivity contribution in [1.82, 2.24) is 4.98 Å². The largest absolute Gasteiger partial charge is 0.259 e. The Kier molecular flexibility index (Phi) is 3.32. The number of pyridine rings is 1. The van der Waals surface area contributed by atoms with Crippen LogP contribution in [0.25, 0.3) is 12.2 Å². The summed E-state index contributed by atoms with van der Waals surface area (Å²) in [5, 5.41) is 2.08. The summed E-state index contributed by atoms with van der Waals surface area (Å²) in [6.45, 7) is 4.10. The smallest absolute Gasteiger partial charge is 0.0666 e.